The molecule has 0 aromatic carbocycles. The van der Waals surface area contributed by atoms with Crippen LogP contribution < -0.4 is 0 Å². The summed E-state index contributed by atoms with van der Waals surface area (Å²) in [5.41, 5.74) is 0.511. The van der Waals surface area contributed by atoms with Crippen LogP contribution >= 0.6 is 0 Å². The molecule has 0 bridgehead atoms. The van der Waals surface area contributed by atoms with E-state index in [2.05, 4.69) is 25.7 Å². The Bertz CT molecular complexity index is 117. The molecule has 0 aromatic rings. The summed E-state index contributed by atoms with van der Waals surface area (Å²) in [5, 5.41) is 0. The fourth-order valence-electron chi connectivity index (χ4n) is 1.68. The number of likely N-dealkylation sites (tertiary alicyclic amines) is 1. The summed E-state index contributed by atoms with van der Waals surface area (Å²) >= 11 is 0. The molecule has 0 N–H and O–H groups in total. The van der Waals surface area contributed by atoms with Crippen LogP contribution in [0.15, 0.2) is 0 Å². The first-order valence-corrected chi connectivity index (χ1v) is 5.30. The predicted molar refractivity (Wildman–Crippen MR) is 54.4 cm³/mol. The molecule has 0 amide bonds. The fourth-order valence-corrected chi connectivity index (χ4v) is 1.68. The van der Waals surface area contributed by atoms with E-state index in [1.54, 1.807) is 0 Å². The second-order valence-electron chi connectivity index (χ2n) is 5.21. The predicted octanol–water partition coefficient (Wildman–Crippen LogP) is 2.91. The van der Waals surface area contributed by atoms with Gasteiger partial charge in [0.05, 0.1) is 0 Å². The Morgan fingerprint density at radius 3 is 2.08 bits per heavy atom. The molecule has 72 valence electrons. The molecule has 1 heterocycles. The Labute approximate surface area is 77.1 Å². The van der Waals surface area contributed by atoms with Crippen LogP contribution in [0, 0.1) is 5.41 Å². The minimum atomic E-state index is 0.511. The minimum absolute atomic E-state index is 0.511. The lowest BCUT2D eigenvalue weighted by Crippen LogP contribution is -2.32. The Hall–Kier alpha value is -0.0400. The number of hydrogen-bond acceptors (Lipinski definition) is 1. The fraction of sp³-hybridized carbons (Fsp3) is 1.00. The van der Waals surface area contributed by atoms with E-state index < -0.39 is 0 Å². The highest BCUT2D eigenvalue weighted by Crippen LogP contribution is 2.20. The molecule has 0 aromatic heterocycles. The second kappa shape index (κ2) is 4.27. The van der Waals surface area contributed by atoms with Gasteiger partial charge < -0.3 is 4.90 Å². The molecule has 1 saturated heterocycles. The topological polar surface area (TPSA) is 3.24 Å². The minimum Gasteiger partial charge on any atom is -0.303 e. The van der Waals surface area contributed by atoms with Gasteiger partial charge in [-0.3, -0.25) is 0 Å². The maximum atomic E-state index is 2.62. The van der Waals surface area contributed by atoms with Crippen LogP contribution in [0.2, 0.25) is 0 Å². The van der Waals surface area contributed by atoms with E-state index in [9.17, 15) is 0 Å². The highest BCUT2D eigenvalue weighted by Gasteiger charge is 2.14. The molecule has 0 unspecified atom stereocenters. The average molecular weight is 169 g/mol. The zero-order chi connectivity index (χ0) is 9.03. The van der Waals surface area contributed by atoms with E-state index in [-0.39, 0.29) is 0 Å². The molecular weight excluding hydrogens is 146 g/mol. The summed E-state index contributed by atoms with van der Waals surface area (Å²) in [6.45, 7) is 11.0. The Morgan fingerprint density at radius 1 is 1.00 bits per heavy atom. The third-order valence-electron chi connectivity index (χ3n) is 2.63. The van der Waals surface area contributed by atoms with Gasteiger partial charge in [0.25, 0.3) is 0 Å². The first kappa shape index (κ1) is 10.0. The summed E-state index contributed by atoms with van der Waals surface area (Å²) in [7, 11) is 0. The molecule has 12 heavy (non-hydrogen) atoms. The summed E-state index contributed by atoms with van der Waals surface area (Å²) < 4.78 is 0. The highest BCUT2D eigenvalue weighted by molar-refractivity contribution is 4.69. The van der Waals surface area contributed by atoms with Crippen LogP contribution in [0.1, 0.15) is 46.5 Å². The second-order valence-corrected chi connectivity index (χ2v) is 5.21. The Morgan fingerprint density at radius 2 is 1.58 bits per heavy atom. The first-order chi connectivity index (χ1) is 5.58. The van der Waals surface area contributed by atoms with Crippen LogP contribution in [0.3, 0.4) is 0 Å². The number of rotatable bonds is 2. The molecular formula is C11H23N. The van der Waals surface area contributed by atoms with Crippen molar-refractivity contribution < 1.29 is 0 Å². The maximum absolute atomic E-state index is 2.62. The van der Waals surface area contributed by atoms with Crippen molar-refractivity contribution in [3.05, 3.63) is 0 Å². The van der Waals surface area contributed by atoms with E-state index in [0.29, 0.717) is 5.41 Å². The molecule has 1 fully saturated rings. The average Bonchev–Trinajstić information content (AvgIpc) is 2.02. The highest BCUT2D eigenvalue weighted by atomic mass is 15.1. The van der Waals surface area contributed by atoms with Crippen LogP contribution in [0.4, 0.5) is 0 Å². The van der Waals surface area contributed by atoms with Crippen LogP contribution in [0.25, 0.3) is 0 Å². The summed E-state index contributed by atoms with van der Waals surface area (Å²) in [6.07, 6.45) is 5.63. The summed E-state index contributed by atoms with van der Waals surface area (Å²) in [5.74, 6) is 0. The van der Waals surface area contributed by atoms with Crippen molar-refractivity contribution in [2.45, 2.75) is 46.5 Å². The van der Waals surface area contributed by atoms with Gasteiger partial charge >= 0.3 is 0 Å². The quantitative estimate of drug-likeness (QED) is 0.614. The molecule has 0 atom stereocenters. The largest absolute Gasteiger partial charge is 0.303 e. The van der Waals surface area contributed by atoms with Gasteiger partial charge in [-0.2, -0.15) is 0 Å². The third kappa shape index (κ3) is 4.10. The van der Waals surface area contributed by atoms with E-state index in [4.69, 9.17) is 0 Å². The van der Waals surface area contributed by atoms with Crippen LogP contribution in [0.5, 0.6) is 0 Å². The summed E-state index contributed by atoms with van der Waals surface area (Å²) in [4.78, 5) is 2.62. The van der Waals surface area contributed by atoms with Crippen molar-refractivity contribution in [3.63, 3.8) is 0 Å². The lowest BCUT2D eigenvalue weighted by molar-refractivity contribution is 0.196. The molecule has 1 nitrogen and oxygen atoms in total. The van der Waals surface area contributed by atoms with Crippen LogP contribution in [-0.2, 0) is 0 Å². The third-order valence-corrected chi connectivity index (χ3v) is 2.63. The van der Waals surface area contributed by atoms with E-state index in [0.717, 1.165) is 0 Å². The molecule has 1 rings (SSSR count). The molecule has 1 heteroatoms. The Kier molecular flexibility index (Phi) is 3.57. The smallest absolute Gasteiger partial charge is 0.00138 e. The van der Waals surface area contributed by atoms with Crippen molar-refractivity contribution in [1.82, 2.24) is 4.90 Å². The van der Waals surface area contributed by atoms with Gasteiger partial charge in [0, 0.05) is 0 Å². The van der Waals surface area contributed by atoms with Crippen molar-refractivity contribution >= 4 is 0 Å². The molecule has 1 aliphatic rings. The molecule has 0 radical (unpaired) electrons. The monoisotopic (exact) mass is 169 g/mol. The Balaban J connectivity index is 2.13. The van der Waals surface area contributed by atoms with Crippen molar-refractivity contribution in [2.24, 2.45) is 5.41 Å². The zero-order valence-corrected chi connectivity index (χ0v) is 8.90. The SMILES string of the molecule is CC(C)(C)CCN1CCCCC1. The normalized spacial score (nSPS) is 21.2. The molecule has 0 spiro atoms. The maximum Gasteiger partial charge on any atom is -0.00138 e. The van der Waals surface area contributed by atoms with Crippen molar-refractivity contribution in [3.8, 4) is 0 Å². The van der Waals surface area contributed by atoms with Gasteiger partial charge in [-0.1, -0.05) is 27.2 Å². The number of nitrogens with zero attached hydrogens (tertiary/aromatic N) is 1. The number of piperidine rings is 1. The molecule has 1 aliphatic heterocycles. The van der Waals surface area contributed by atoms with Gasteiger partial charge in [-0.25, -0.2) is 0 Å². The zero-order valence-electron chi connectivity index (χ0n) is 8.90. The van der Waals surface area contributed by atoms with E-state index >= 15 is 0 Å². The number of hydrogen-bond donors (Lipinski definition) is 0. The van der Waals surface area contributed by atoms with Crippen LogP contribution in [-0.4, -0.2) is 24.5 Å². The lowest BCUT2D eigenvalue weighted by atomic mass is 9.92. The van der Waals surface area contributed by atoms with Gasteiger partial charge in [0.15, 0.2) is 0 Å². The van der Waals surface area contributed by atoms with Gasteiger partial charge in [-0.05, 0) is 44.3 Å². The van der Waals surface area contributed by atoms with Crippen molar-refractivity contribution in [2.75, 3.05) is 19.6 Å². The first-order valence-electron chi connectivity index (χ1n) is 5.30. The van der Waals surface area contributed by atoms with E-state index in [1.165, 1.54) is 45.3 Å². The van der Waals surface area contributed by atoms with Gasteiger partial charge in [-0.15, -0.1) is 0 Å². The van der Waals surface area contributed by atoms with E-state index in [1.807, 2.05) is 0 Å². The standard InChI is InChI=1S/C11H23N/c1-11(2,3)7-10-12-8-5-4-6-9-12/h4-10H2,1-3H3. The molecule has 0 aliphatic carbocycles. The lowest BCUT2D eigenvalue weighted by Gasteiger charge is -2.29. The van der Waals surface area contributed by atoms with Crippen molar-refractivity contribution in [1.29, 1.82) is 0 Å². The van der Waals surface area contributed by atoms with Gasteiger partial charge in [0.1, 0.15) is 0 Å². The summed E-state index contributed by atoms with van der Waals surface area (Å²) in [6, 6.07) is 0. The molecule has 0 saturated carbocycles. The van der Waals surface area contributed by atoms with Gasteiger partial charge in [0.2, 0.25) is 0 Å².